The van der Waals surface area contributed by atoms with Gasteiger partial charge in [-0.2, -0.15) is 0 Å². The van der Waals surface area contributed by atoms with E-state index in [1.807, 2.05) is 31.2 Å². The largest absolute Gasteiger partial charge is 0.206 e. The lowest BCUT2D eigenvalue weighted by Gasteiger charge is -2.27. The van der Waals surface area contributed by atoms with Gasteiger partial charge in [0.2, 0.25) is 0 Å². The van der Waals surface area contributed by atoms with Gasteiger partial charge in [0.15, 0.2) is 11.6 Å². The summed E-state index contributed by atoms with van der Waals surface area (Å²) in [6, 6.07) is 15.4. The van der Waals surface area contributed by atoms with E-state index in [9.17, 15) is 13.2 Å². The van der Waals surface area contributed by atoms with Crippen molar-refractivity contribution in [2.75, 3.05) is 0 Å². The average Bonchev–Trinajstić information content (AvgIpc) is 2.72. The minimum atomic E-state index is -0.886. The van der Waals surface area contributed by atoms with Crippen molar-refractivity contribution in [1.82, 2.24) is 0 Å². The molecule has 0 unspecified atom stereocenters. The minimum absolute atomic E-state index is 0. The van der Waals surface area contributed by atoms with Gasteiger partial charge in [-0.1, -0.05) is 73.9 Å². The maximum Gasteiger partial charge on any atom is 0.166 e. The summed E-state index contributed by atoms with van der Waals surface area (Å²) in [6.45, 7) is 4.17. The first-order valence-corrected chi connectivity index (χ1v) is 10.3. The summed E-state index contributed by atoms with van der Waals surface area (Å²) >= 11 is 0. The average molecular weight is 396 g/mol. The summed E-state index contributed by atoms with van der Waals surface area (Å²) in [6.07, 6.45) is 3.85. The summed E-state index contributed by atoms with van der Waals surface area (Å²) < 4.78 is 44.5. The number of benzene rings is 3. The molecule has 0 saturated heterocycles. The van der Waals surface area contributed by atoms with Gasteiger partial charge in [-0.15, -0.1) is 0 Å². The summed E-state index contributed by atoms with van der Waals surface area (Å²) in [7, 11) is 0. The molecule has 4 rings (SSSR count). The Balaban J connectivity index is 0.00000256. The van der Waals surface area contributed by atoms with E-state index in [4.69, 9.17) is 0 Å². The molecular weight excluding hydrogens is 369 g/mol. The van der Waals surface area contributed by atoms with Gasteiger partial charge in [0.05, 0.1) is 0 Å². The molecule has 0 nitrogen and oxygen atoms in total. The molecule has 0 aliphatic heterocycles. The molecule has 1 fully saturated rings. The Labute approximate surface area is 171 Å². The molecular formula is C26H27F3. The van der Waals surface area contributed by atoms with Crippen LogP contribution in [0.5, 0.6) is 0 Å². The highest BCUT2D eigenvalue weighted by Crippen LogP contribution is 2.39. The topological polar surface area (TPSA) is 0 Å². The van der Waals surface area contributed by atoms with Crippen molar-refractivity contribution in [1.29, 1.82) is 0 Å². The standard InChI is InChI=1S/C26H25F3.H2/c1-16-3-7-18(8-4-16)21-12-11-20(15-24(21)27)23-14-13-22(25(28)26(23)29)19-9-5-17(2)6-10-19;/h3-4,7-8,11-15,17,19H,5-6,9-10H2,1-2H3;1H. The molecule has 3 aromatic rings. The molecule has 1 aliphatic rings. The van der Waals surface area contributed by atoms with Crippen LogP contribution in [0.3, 0.4) is 0 Å². The zero-order valence-electron chi connectivity index (χ0n) is 16.8. The molecule has 3 aromatic carbocycles. The van der Waals surface area contributed by atoms with E-state index in [0.29, 0.717) is 22.6 Å². The van der Waals surface area contributed by atoms with Crippen LogP contribution in [0.25, 0.3) is 22.3 Å². The number of hydrogen-bond acceptors (Lipinski definition) is 0. The lowest BCUT2D eigenvalue weighted by molar-refractivity contribution is 0.339. The molecule has 1 saturated carbocycles. The number of aryl methyl sites for hydroxylation is 1. The Bertz CT molecular complexity index is 1020. The van der Waals surface area contributed by atoms with Crippen LogP contribution < -0.4 is 0 Å². The lowest BCUT2D eigenvalue weighted by atomic mass is 9.79. The third-order valence-corrected chi connectivity index (χ3v) is 6.21. The maximum absolute atomic E-state index is 14.9. The highest BCUT2D eigenvalue weighted by Gasteiger charge is 2.25. The van der Waals surface area contributed by atoms with Crippen LogP contribution in [0.4, 0.5) is 13.2 Å². The number of halogens is 3. The van der Waals surface area contributed by atoms with Crippen LogP contribution in [0.1, 0.15) is 51.1 Å². The van der Waals surface area contributed by atoms with Gasteiger partial charge in [0.1, 0.15) is 5.82 Å². The lowest BCUT2D eigenvalue weighted by Crippen LogP contribution is -2.13. The van der Waals surface area contributed by atoms with Crippen molar-refractivity contribution in [3.05, 3.63) is 83.2 Å². The second kappa shape index (κ2) is 8.06. The predicted molar refractivity (Wildman–Crippen MR) is 114 cm³/mol. The molecule has 0 aromatic heterocycles. The second-order valence-electron chi connectivity index (χ2n) is 8.35. The summed E-state index contributed by atoms with van der Waals surface area (Å²) in [5.74, 6) is -1.41. The molecule has 0 atom stereocenters. The number of hydrogen-bond donors (Lipinski definition) is 0. The van der Waals surface area contributed by atoms with Gasteiger partial charge in [0, 0.05) is 12.6 Å². The van der Waals surface area contributed by atoms with Crippen molar-refractivity contribution in [3.63, 3.8) is 0 Å². The first-order valence-electron chi connectivity index (χ1n) is 10.3. The van der Waals surface area contributed by atoms with Crippen molar-refractivity contribution in [2.24, 2.45) is 5.92 Å². The Hall–Kier alpha value is -2.55. The fraction of sp³-hybridized carbons (Fsp3) is 0.308. The molecule has 0 heterocycles. The SMILES string of the molecule is Cc1ccc(-c2ccc(-c3ccc(C4CCC(C)CC4)c(F)c3F)cc2F)cc1.[HH]. The van der Waals surface area contributed by atoms with Crippen molar-refractivity contribution >= 4 is 0 Å². The normalized spacial score (nSPS) is 19.3. The summed E-state index contributed by atoms with van der Waals surface area (Å²) in [5.41, 5.74) is 3.20. The van der Waals surface area contributed by atoms with E-state index >= 15 is 0 Å². The van der Waals surface area contributed by atoms with E-state index in [1.165, 1.54) is 6.07 Å². The smallest absolute Gasteiger partial charge is 0.166 e. The van der Waals surface area contributed by atoms with Gasteiger partial charge in [-0.3, -0.25) is 0 Å². The Kier molecular flexibility index (Phi) is 5.49. The highest BCUT2D eigenvalue weighted by atomic mass is 19.2. The summed E-state index contributed by atoms with van der Waals surface area (Å²) in [5, 5.41) is 0. The molecule has 3 heteroatoms. The first kappa shape index (κ1) is 19.8. The van der Waals surface area contributed by atoms with E-state index in [1.54, 1.807) is 24.3 Å². The van der Waals surface area contributed by atoms with Crippen molar-refractivity contribution < 1.29 is 14.6 Å². The van der Waals surface area contributed by atoms with Gasteiger partial charge < -0.3 is 0 Å². The highest BCUT2D eigenvalue weighted by molar-refractivity contribution is 5.71. The van der Waals surface area contributed by atoms with Crippen LogP contribution in [0.2, 0.25) is 0 Å². The van der Waals surface area contributed by atoms with Crippen LogP contribution in [0.15, 0.2) is 54.6 Å². The Morgan fingerprint density at radius 1 is 0.724 bits per heavy atom. The van der Waals surface area contributed by atoms with Gasteiger partial charge in [0.25, 0.3) is 0 Å². The fourth-order valence-electron chi connectivity index (χ4n) is 4.32. The molecule has 0 bridgehead atoms. The van der Waals surface area contributed by atoms with E-state index in [2.05, 4.69) is 6.92 Å². The first-order chi connectivity index (χ1) is 13.9. The van der Waals surface area contributed by atoms with Gasteiger partial charge in [-0.05, 0) is 54.4 Å². The maximum atomic E-state index is 14.9. The van der Waals surface area contributed by atoms with Crippen LogP contribution in [-0.2, 0) is 0 Å². The molecule has 1 aliphatic carbocycles. The molecule has 0 radical (unpaired) electrons. The predicted octanol–water partition coefficient (Wildman–Crippen LogP) is 8.29. The van der Waals surface area contributed by atoms with E-state index < -0.39 is 17.5 Å². The molecule has 0 N–H and O–H groups in total. The third kappa shape index (κ3) is 3.96. The van der Waals surface area contributed by atoms with E-state index in [-0.39, 0.29) is 12.9 Å². The Morgan fingerprint density at radius 2 is 1.34 bits per heavy atom. The number of rotatable bonds is 3. The van der Waals surface area contributed by atoms with Crippen LogP contribution in [-0.4, -0.2) is 0 Å². The van der Waals surface area contributed by atoms with Crippen LogP contribution >= 0.6 is 0 Å². The zero-order valence-corrected chi connectivity index (χ0v) is 16.8. The minimum Gasteiger partial charge on any atom is -0.206 e. The van der Waals surface area contributed by atoms with Gasteiger partial charge >= 0.3 is 0 Å². The monoisotopic (exact) mass is 396 g/mol. The van der Waals surface area contributed by atoms with E-state index in [0.717, 1.165) is 36.8 Å². The zero-order chi connectivity index (χ0) is 20.5. The second-order valence-corrected chi connectivity index (χ2v) is 8.35. The fourth-order valence-corrected chi connectivity index (χ4v) is 4.32. The summed E-state index contributed by atoms with van der Waals surface area (Å²) in [4.78, 5) is 0. The molecule has 0 spiro atoms. The van der Waals surface area contributed by atoms with Gasteiger partial charge in [-0.25, -0.2) is 13.2 Å². The van der Waals surface area contributed by atoms with Crippen molar-refractivity contribution in [2.45, 2.75) is 45.4 Å². The third-order valence-electron chi connectivity index (χ3n) is 6.21. The van der Waals surface area contributed by atoms with Crippen molar-refractivity contribution in [3.8, 4) is 22.3 Å². The quantitative estimate of drug-likeness (QED) is 0.418. The van der Waals surface area contributed by atoms with Crippen LogP contribution in [0, 0.1) is 30.3 Å². The molecule has 29 heavy (non-hydrogen) atoms. The molecule has 152 valence electrons. The molecule has 0 amide bonds. The Morgan fingerprint density at radius 3 is 2.00 bits per heavy atom.